The number of nitrogens with zero attached hydrogens (tertiary/aromatic N) is 4. The summed E-state index contributed by atoms with van der Waals surface area (Å²) in [6.07, 6.45) is 1.55. The number of aromatic nitrogens is 3. The summed E-state index contributed by atoms with van der Waals surface area (Å²) in [6, 6.07) is 8.37. The lowest BCUT2D eigenvalue weighted by molar-refractivity contribution is -0.385. The number of hydrogen-bond acceptors (Lipinski definition) is 7. The average molecular weight is 383 g/mol. The first-order valence-corrected chi connectivity index (χ1v) is 8.58. The number of rotatable bonds is 5. The van der Waals surface area contributed by atoms with Crippen LogP contribution in [0.1, 0.15) is 12.5 Å². The van der Waals surface area contributed by atoms with Crippen LogP contribution in [0.15, 0.2) is 36.5 Å². The third kappa shape index (κ3) is 4.23. The van der Waals surface area contributed by atoms with Gasteiger partial charge in [0.1, 0.15) is 11.3 Å². The van der Waals surface area contributed by atoms with Gasteiger partial charge in [-0.3, -0.25) is 10.1 Å². The minimum Gasteiger partial charge on any atom is -0.363 e. The summed E-state index contributed by atoms with van der Waals surface area (Å²) in [5.41, 5.74) is 2.18. The zero-order chi connectivity index (χ0) is 19.4. The predicted octanol–water partition coefficient (Wildman–Crippen LogP) is 3.29. The zero-order valence-corrected chi connectivity index (χ0v) is 15.5. The molecule has 9 nitrogen and oxygen atoms in total. The number of thiocarbonyl (C=S) groups is 1. The molecule has 0 saturated carbocycles. The van der Waals surface area contributed by atoms with Gasteiger partial charge in [0.05, 0.1) is 16.7 Å². The molecule has 0 bridgehead atoms. The Labute approximate surface area is 160 Å². The van der Waals surface area contributed by atoms with E-state index in [1.54, 1.807) is 37.4 Å². The first-order valence-electron chi connectivity index (χ1n) is 8.17. The van der Waals surface area contributed by atoms with Gasteiger partial charge in [-0.15, -0.1) is 0 Å². The summed E-state index contributed by atoms with van der Waals surface area (Å²) in [7, 11) is 0. The van der Waals surface area contributed by atoms with Gasteiger partial charge in [0.15, 0.2) is 16.6 Å². The second kappa shape index (κ2) is 7.87. The fraction of sp³-hybridized carbons (Fsp3) is 0.176. The van der Waals surface area contributed by atoms with Crippen LogP contribution in [0, 0.1) is 17.0 Å². The Morgan fingerprint density at radius 2 is 2.00 bits per heavy atom. The summed E-state index contributed by atoms with van der Waals surface area (Å²) < 4.78 is 0. The van der Waals surface area contributed by atoms with Gasteiger partial charge in [-0.25, -0.2) is 15.0 Å². The number of nitrogens with one attached hydrogen (secondary N) is 3. The van der Waals surface area contributed by atoms with E-state index in [1.165, 1.54) is 6.07 Å². The van der Waals surface area contributed by atoms with Crippen molar-refractivity contribution < 1.29 is 4.92 Å². The Kier molecular flexibility index (Phi) is 5.36. The number of hydrogen-bond donors (Lipinski definition) is 3. The first-order chi connectivity index (χ1) is 13.0. The van der Waals surface area contributed by atoms with Gasteiger partial charge in [-0.2, -0.15) is 0 Å². The maximum absolute atomic E-state index is 11.1. The summed E-state index contributed by atoms with van der Waals surface area (Å²) >= 11 is 5.15. The number of pyridine rings is 1. The number of fused-ring (bicyclic) bond motifs is 1. The van der Waals surface area contributed by atoms with Gasteiger partial charge in [0.2, 0.25) is 0 Å². The second-order valence-corrected chi connectivity index (χ2v) is 6.02. The van der Waals surface area contributed by atoms with Crippen LogP contribution >= 0.6 is 12.2 Å². The van der Waals surface area contributed by atoms with E-state index in [4.69, 9.17) is 12.2 Å². The molecule has 0 aliphatic rings. The lowest BCUT2D eigenvalue weighted by Crippen LogP contribution is -2.28. The molecule has 0 radical (unpaired) electrons. The summed E-state index contributed by atoms with van der Waals surface area (Å²) in [5, 5.41) is 20.6. The summed E-state index contributed by atoms with van der Waals surface area (Å²) in [5.74, 6) is 0.983. The van der Waals surface area contributed by atoms with Crippen molar-refractivity contribution in [3.05, 3.63) is 52.2 Å². The van der Waals surface area contributed by atoms with Crippen molar-refractivity contribution in [1.82, 2.24) is 20.3 Å². The van der Waals surface area contributed by atoms with E-state index in [-0.39, 0.29) is 5.69 Å². The van der Waals surface area contributed by atoms with Crippen LogP contribution in [0.25, 0.3) is 11.2 Å². The minimum absolute atomic E-state index is 0.0373. The molecule has 10 heteroatoms. The van der Waals surface area contributed by atoms with Gasteiger partial charge >= 0.3 is 0 Å². The Hall–Kier alpha value is -3.40. The number of nitro groups is 1. The van der Waals surface area contributed by atoms with E-state index in [0.717, 1.165) is 0 Å². The molecule has 3 rings (SSSR count). The van der Waals surface area contributed by atoms with E-state index in [2.05, 4.69) is 30.9 Å². The van der Waals surface area contributed by atoms with Crippen molar-refractivity contribution in [3.63, 3.8) is 0 Å². The molecule has 0 saturated heterocycles. The highest BCUT2D eigenvalue weighted by molar-refractivity contribution is 7.80. The van der Waals surface area contributed by atoms with Crippen LogP contribution in [0.5, 0.6) is 0 Å². The molecule has 3 N–H and O–H groups in total. The van der Waals surface area contributed by atoms with Crippen LogP contribution < -0.4 is 16.0 Å². The van der Waals surface area contributed by atoms with Gasteiger partial charge in [0.25, 0.3) is 5.69 Å². The Balaban J connectivity index is 1.89. The zero-order valence-electron chi connectivity index (χ0n) is 14.7. The summed E-state index contributed by atoms with van der Waals surface area (Å²) in [6.45, 7) is 4.33. The summed E-state index contributed by atoms with van der Waals surface area (Å²) in [4.78, 5) is 23.8. The molecule has 27 heavy (non-hydrogen) atoms. The van der Waals surface area contributed by atoms with Crippen LogP contribution in [0.3, 0.4) is 0 Å². The smallest absolute Gasteiger partial charge is 0.274 e. The molecule has 138 valence electrons. The Morgan fingerprint density at radius 3 is 2.74 bits per heavy atom. The van der Waals surface area contributed by atoms with Crippen LogP contribution in [0.4, 0.5) is 23.0 Å². The topological polar surface area (TPSA) is 118 Å². The fourth-order valence-corrected chi connectivity index (χ4v) is 2.69. The molecular weight excluding hydrogens is 366 g/mol. The van der Waals surface area contributed by atoms with Crippen LogP contribution in [0.2, 0.25) is 0 Å². The second-order valence-electron chi connectivity index (χ2n) is 5.61. The van der Waals surface area contributed by atoms with Crippen molar-refractivity contribution in [2.45, 2.75) is 13.8 Å². The lowest BCUT2D eigenvalue weighted by Gasteiger charge is -2.10. The van der Waals surface area contributed by atoms with E-state index in [9.17, 15) is 10.1 Å². The number of benzene rings is 1. The largest absolute Gasteiger partial charge is 0.363 e. The van der Waals surface area contributed by atoms with E-state index in [1.807, 2.05) is 6.92 Å². The molecule has 0 fully saturated rings. The van der Waals surface area contributed by atoms with Gasteiger partial charge in [0, 0.05) is 18.3 Å². The van der Waals surface area contributed by atoms with Crippen molar-refractivity contribution in [1.29, 1.82) is 0 Å². The maximum atomic E-state index is 11.1. The Morgan fingerprint density at radius 1 is 1.22 bits per heavy atom. The highest BCUT2D eigenvalue weighted by Gasteiger charge is 2.14. The van der Waals surface area contributed by atoms with E-state index >= 15 is 0 Å². The van der Waals surface area contributed by atoms with Crippen molar-refractivity contribution in [2.24, 2.45) is 0 Å². The molecule has 2 aromatic heterocycles. The number of anilines is 3. The molecule has 0 atom stereocenters. The normalized spacial score (nSPS) is 10.4. The molecule has 0 amide bonds. The lowest BCUT2D eigenvalue weighted by atomic mass is 10.1. The third-order valence-corrected chi connectivity index (χ3v) is 4.00. The molecular formula is C17H17N7O2S. The maximum Gasteiger partial charge on any atom is 0.274 e. The van der Waals surface area contributed by atoms with E-state index < -0.39 is 4.92 Å². The predicted molar refractivity (Wildman–Crippen MR) is 108 cm³/mol. The van der Waals surface area contributed by atoms with Gasteiger partial charge in [-0.1, -0.05) is 6.07 Å². The minimum atomic E-state index is -0.417. The molecule has 2 heterocycles. The molecule has 0 aliphatic heterocycles. The van der Waals surface area contributed by atoms with Crippen LogP contribution in [-0.4, -0.2) is 31.5 Å². The van der Waals surface area contributed by atoms with Gasteiger partial charge in [-0.05, 0) is 44.3 Å². The molecule has 0 aliphatic carbocycles. The monoisotopic (exact) mass is 383 g/mol. The van der Waals surface area contributed by atoms with Crippen LogP contribution in [-0.2, 0) is 0 Å². The highest BCUT2D eigenvalue weighted by Crippen LogP contribution is 2.27. The highest BCUT2D eigenvalue weighted by atomic mass is 32.1. The number of nitro benzene ring substituents is 1. The van der Waals surface area contributed by atoms with E-state index in [0.29, 0.717) is 45.7 Å². The molecule has 0 spiro atoms. The molecule has 1 aromatic carbocycles. The fourth-order valence-electron chi connectivity index (χ4n) is 2.44. The van der Waals surface area contributed by atoms with Crippen molar-refractivity contribution >= 4 is 51.5 Å². The average Bonchev–Trinajstić information content (AvgIpc) is 2.63. The van der Waals surface area contributed by atoms with Crippen molar-refractivity contribution in [3.8, 4) is 0 Å². The van der Waals surface area contributed by atoms with Crippen molar-refractivity contribution in [2.75, 3.05) is 17.2 Å². The quantitative estimate of drug-likeness (QED) is 0.346. The first kappa shape index (κ1) is 18.4. The third-order valence-electron chi connectivity index (χ3n) is 3.75. The molecule has 3 aromatic rings. The Bertz CT molecular complexity index is 1030. The standard InChI is InChI=1S/C17H17N7O2S/c1-3-18-17(27)23-14-8-7-12-16(21-14)22-15(9-19-12)20-11-5-4-6-13(10(11)2)24(25)26/h4-9H,3H2,1-2H3,(H3,18,20,21,22,23,27). The molecule has 0 unspecified atom stereocenters. The SMILES string of the molecule is CCNC(=S)Nc1ccc2ncc(Nc3cccc([N+](=O)[O-])c3C)nc2n1. The van der Waals surface area contributed by atoms with Gasteiger partial charge < -0.3 is 16.0 Å².